The molecular formula is C29H26F3N3O6S2. The maximum Gasteiger partial charge on any atom is 0.573 e. The van der Waals surface area contributed by atoms with Crippen molar-refractivity contribution in [2.24, 2.45) is 0 Å². The van der Waals surface area contributed by atoms with Gasteiger partial charge in [0.1, 0.15) is 18.4 Å². The molecule has 4 rings (SSSR count). The van der Waals surface area contributed by atoms with Crippen LogP contribution in [-0.2, 0) is 26.0 Å². The molecule has 0 saturated carbocycles. The Morgan fingerprint density at radius 2 is 1.74 bits per heavy atom. The van der Waals surface area contributed by atoms with Crippen LogP contribution in [0, 0.1) is 0 Å². The van der Waals surface area contributed by atoms with E-state index in [-0.39, 0.29) is 28.9 Å². The highest BCUT2D eigenvalue weighted by molar-refractivity contribution is 7.91. The minimum Gasteiger partial charge on any atom is -0.472 e. The highest BCUT2D eigenvalue weighted by atomic mass is 32.2. The number of rotatable bonds is 11. The van der Waals surface area contributed by atoms with Crippen LogP contribution in [0.3, 0.4) is 0 Å². The largest absolute Gasteiger partial charge is 0.573 e. The molecular weight excluding hydrogens is 607 g/mol. The monoisotopic (exact) mass is 633 g/mol. The molecule has 2 N–H and O–H groups in total. The Labute approximate surface area is 249 Å². The van der Waals surface area contributed by atoms with Crippen LogP contribution in [0.15, 0.2) is 83.2 Å². The van der Waals surface area contributed by atoms with Gasteiger partial charge in [0.25, 0.3) is 5.91 Å². The lowest BCUT2D eigenvalue weighted by molar-refractivity contribution is -0.274. The van der Waals surface area contributed by atoms with Gasteiger partial charge in [-0.25, -0.2) is 13.4 Å². The van der Waals surface area contributed by atoms with Crippen molar-refractivity contribution in [2.45, 2.75) is 37.8 Å². The van der Waals surface area contributed by atoms with Gasteiger partial charge in [-0.1, -0.05) is 31.2 Å². The summed E-state index contributed by atoms with van der Waals surface area (Å²) in [7, 11) is -3.43. The molecule has 2 heterocycles. The van der Waals surface area contributed by atoms with E-state index >= 15 is 0 Å². The van der Waals surface area contributed by atoms with Crippen molar-refractivity contribution in [3.05, 3.63) is 89.4 Å². The second-order valence-corrected chi connectivity index (χ2v) is 12.3. The van der Waals surface area contributed by atoms with E-state index in [1.54, 1.807) is 23.6 Å². The number of thiophene rings is 1. The van der Waals surface area contributed by atoms with Crippen LogP contribution in [0.25, 0.3) is 11.1 Å². The van der Waals surface area contributed by atoms with Crippen molar-refractivity contribution in [2.75, 3.05) is 11.1 Å². The number of ether oxygens (including phenoxy) is 2. The standard InChI is InChI=1S/C29H26F3N3O6S2/c1-3-43(38,39)23-12-8-20(9-13-23)26(34-18(2)36)27(37)35-25-15-21(17-42-25)24-5-4-14-33-28(24)40-16-19-6-10-22(11-7-19)41-29(30,31)32/h4-15,17,26H,3,16H2,1-2H3,(H,34,36)(H,35,37). The van der Waals surface area contributed by atoms with E-state index in [2.05, 4.69) is 20.4 Å². The predicted octanol–water partition coefficient (Wildman–Crippen LogP) is 5.90. The number of hydrogen-bond donors (Lipinski definition) is 2. The summed E-state index contributed by atoms with van der Waals surface area (Å²) in [6.07, 6.45) is -3.25. The van der Waals surface area contributed by atoms with Crippen molar-refractivity contribution >= 4 is 38.0 Å². The normalized spacial score (nSPS) is 12.3. The fourth-order valence-electron chi connectivity index (χ4n) is 3.94. The molecule has 9 nitrogen and oxygen atoms in total. The molecule has 0 aliphatic heterocycles. The molecule has 0 aliphatic rings. The first-order chi connectivity index (χ1) is 20.3. The Morgan fingerprint density at radius 1 is 1.05 bits per heavy atom. The van der Waals surface area contributed by atoms with Crippen LogP contribution in [0.2, 0.25) is 0 Å². The predicted molar refractivity (Wildman–Crippen MR) is 154 cm³/mol. The Bertz CT molecular complexity index is 1690. The zero-order valence-corrected chi connectivity index (χ0v) is 24.5. The number of benzene rings is 2. The van der Waals surface area contributed by atoms with Crippen molar-refractivity contribution in [3.8, 4) is 22.8 Å². The molecule has 1 atom stereocenters. The minimum atomic E-state index is -4.78. The molecule has 43 heavy (non-hydrogen) atoms. The highest BCUT2D eigenvalue weighted by Gasteiger charge is 2.31. The van der Waals surface area contributed by atoms with Crippen molar-refractivity contribution < 1.29 is 40.7 Å². The SMILES string of the molecule is CCS(=O)(=O)c1ccc(C(NC(C)=O)C(=O)Nc2cc(-c3cccnc3OCc3ccc(OC(F)(F)F)cc3)cs2)cc1. The van der Waals surface area contributed by atoms with Gasteiger partial charge in [-0.2, -0.15) is 0 Å². The number of nitrogens with zero attached hydrogens (tertiary/aromatic N) is 1. The van der Waals surface area contributed by atoms with Crippen molar-refractivity contribution in [3.63, 3.8) is 0 Å². The Kier molecular flexibility index (Phi) is 9.71. The smallest absolute Gasteiger partial charge is 0.472 e. The number of hydrogen-bond acceptors (Lipinski definition) is 8. The zero-order valence-electron chi connectivity index (χ0n) is 22.8. The summed E-state index contributed by atoms with van der Waals surface area (Å²) in [5.74, 6) is -1.12. The van der Waals surface area contributed by atoms with E-state index < -0.39 is 34.1 Å². The molecule has 0 spiro atoms. The maximum absolute atomic E-state index is 13.2. The first kappa shape index (κ1) is 31.5. The second kappa shape index (κ2) is 13.3. The summed E-state index contributed by atoms with van der Waals surface area (Å²) in [5.41, 5.74) is 2.29. The van der Waals surface area contributed by atoms with Crippen LogP contribution in [0.1, 0.15) is 31.0 Å². The zero-order chi connectivity index (χ0) is 31.2. The topological polar surface area (TPSA) is 124 Å². The number of halogens is 3. The van der Waals surface area contributed by atoms with E-state index in [0.29, 0.717) is 27.3 Å². The summed E-state index contributed by atoms with van der Waals surface area (Å²) < 4.78 is 71.2. The van der Waals surface area contributed by atoms with Crippen molar-refractivity contribution in [1.29, 1.82) is 0 Å². The lowest BCUT2D eigenvalue weighted by Crippen LogP contribution is -2.35. The number of pyridine rings is 1. The van der Waals surface area contributed by atoms with Gasteiger partial charge >= 0.3 is 6.36 Å². The summed E-state index contributed by atoms with van der Waals surface area (Å²) >= 11 is 1.23. The summed E-state index contributed by atoms with van der Waals surface area (Å²) in [6.45, 7) is 2.83. The first-order valence-electron chi connectivity index (χ1n) is 12.8. The molecule has 0 aliphatic carbocycles. The van der Waals surface area contributed by atoms with Crippen molar-refractivity contribution in [1.82, 2.24) is 10.3 Å². The molecule has 0 bridgehead atoms. The van der Waals surface area contributed by atoms with Gasteiger partial charge < -0.3 is 20.1 Å². The van der Waals surface area contributed by atoms with Gasteiger partial charge in [0, 0.05) is 24.1 Å². The molecule has 2 amide bonds. The third-order valence-electron chi connectivity index (χ3n) is 6.02. The number of carbonyl (C=O) groups is 2. The van der Waals surface area contributed by atoms with E-state index in [0.717, 1.165) is 0 Å². The number of amides is 2. The van der Waals surface area contributed by atoms with Gasteiger partial charge in [0.15, 0.2) is 9.84 Å². The molecule has 2 aromatic heterocycles. The maximum atomic E-state index is 13.2. The number of alkyl halides is 3. The van der Waals surface area contributed by atoms with Crippen LogP contribution < -0.4 is 20.1 Å². The molecule has 4 aromatic rings. The van der Waals surface area contributed by atoms with Crippen LogP contribution in [0.5, 0.6) is 11.6 Å². The minimum absolute atomic E-state index is 0.0286. The van der Waals surface area contributed by atoms with Crippen LogP contribution in [-0.4, -0.2) is 37.3 Å². The van der Waals surface area contributed by atoms with Crippen LogP contribution >= 0.6 is 11.3 Å². The second-order valence-electron chi connectivity index (χ2n) is 9.13. The number of nitrogens with one attached hydrogen (secondary N) is 2. The molecule has 1 unspecified atom stereocenters. The fourth-order valence-corrected chi connectivity index (χ4v) is 5.63. The first-order valence-corrected chi connectivity index (χ1v) is 15.3. The summed E-state index contributed by atoms with van der Waals surface area (Å²) in [5, 5.41) is 7.62. The quantitative estimate of drug-likeness (QED) is 0.211. The summed E-state index contributed by atoms with van der Waals surface area (Å²) in [4.78, 5) is 29.5. The Hall–Kier alpha value is -4.43. The average Bonchev–Trinajstić information content (AvgIpc) is 3.43. The molecule has 0 radical (unpaired) electrons. The average molecular weight is 634 g/mol. The third kappa shape index (κ3) is 8.55. The van der Waals surface area contributed by atoms with Gasteiger partial charge in [0.05, 0.1) is 15.6 Å². The fraction of sp³-hybridized carbons (Fsp3) is 0.207. The van der Waals surface area contributed by atoms with E-state index in [1.807, 2.05) is 0 Å². The number of carbonyl (C=O) groups excluding carboxylic acids is 2. The van der Waals surface area contributed by atoms with E-state index in [4.69, 9.17) is 4.74 Å². The molecule has 2 aromatic carbocycles. The lowest BCUT2D eigenvalue weighted by Gasteiger charge is -2.18. The third-order valence-corrected chi connectivity index (χ3v) is 8.62. The Morgan fingerprint density at radius 3 is 2.37 bits per heavy atom. The molecule has 0 saturated heterocycles. The molecule has 226 valence electrons. The Balaban J connectivity index is 1.47. The highest BCUT2D eigenvalue weighted by Crippen LogP contribution is 2.35. The number of sulfone groups is 1. The summed E-state index contributed by atoms with van der Waals surface area (Å²) in [6, 6.07) is 15.1. The van der Waals surface area contributed by atoms with Gasteiger partial charge in [-0.05, 0) is 59.2 Å². The lowest BCUT2D eigenvalue weighted by atomic mass is 10.1. The number of aromatic nitrogens is 1. The molecule has 0 fully saturated rings. The van der Waals surface area contributed by atoms with Gasteiger partial charge in [0.2, 0.25) is 11.8 Å². The van der Waals surface area contributed by atoms with Gasteiger partial charge in [-0.15, -0.1) is 24.5 Å². The van der Waals surface area contributed by atoms with E-state index in [9.17, 15) is 31.2 Å². The van der Waals surface area contributed by atoms with Gasteiger partial charge in [-0.3, -0.25) is 9.59 Å². The van der Waals surface area contributed by atoms with Crippen LogP contribution in [0.4, 0.5) is 18.2 Å². The number of anilines is 1. The van der Waals surface area contributed by atoms with E-state index in [1.165, 1.54) is 79.9 Å². The molecule has 14 heteroatoms.